The predicted molar refractivity (Wildman–Crippen MR) is 173 cm³/mol. The Morgan fingerprint density at radius 2 is 1.77 bits per heavy atom. The molecular formula is C32H31Cl2N7O3. The van der Waals surface area contributed by atoms with Gasteiger partial charge in [0.15, 0.2) is 0 Å². The number of halogens is 2. The van der Waals surface area contributed by atoms with E-state index in [1.54, 1.807) is 71.9 Å². The SMILES string of the molecule is Cl.O=C(Nc1ccc(N2CCNCC2)cn1)c1ccc(CN2C(=O)c3ccc(Cl)cc3NC(=O)[C@H]2Cc2ccccn2)cc1. The molecule has 1 fully saturated rings. The fourth-order valence-corrected chi connectivity index (χ4v) is 5.45. The lowest BCUT2D eigenvalue weighted by Gasteiger charge is -2.29. The lowest BCUT2D eigenvalue weighted by molar-refractivity contribution is -0.120. The van der Waals surface area contributed by atoms with Crippen LogP contribution in [0.1, 0.15) is 32.0 Å². The van der Waals surface area contributed by atoms with E-state index in [1.807, 2.05) is 18.2 Å². The molecule has 4 heterocycles. The minimum atomic E-state index is -0.813. The van der Waals surface area contributed by atoms with Crippen molar-refractivity contribution in [2.45, 2.75) is 19.0 Å². The molecule has 0 radical (unpaired) electrons. The molecule has 4 aromatic rings. The van der Waals surface area contributed by atoms with Crippen LogP contribution in [-0.4, -0.2) is 64.8 Å². The van der Waals surface area contributed by atoms with Gasteiger partial charge in [0.1, 0.15) is 11.9 Å². The van der Waals surface area contributed by atoms with Gasteiger partial charge in [0.05, 0.1) is 23.1 Å². The molecule has 0 aliphatic carbocycles. The van der Waals surface area contributed by atoms with E-state index >= 15 is 0 Å². The number of anilines is 3. The Morgan fingerprint density at radius 3 is 2.48 bits per heavy atom. The number of rotatable bonds is 7. The van der Waals surface area contributed by atoms with Gasteiger partial charge in [-0.05, 0) is 60.2 Å². The van der Waals surface area contributed by atoms with Crippen LogP contribution in [-0.2, 0) is 17.8 Å². The first kappa shape index (κ1) is 30.9. The number of hydrogen-bond acceptors (Lipinski definition) is 7. The highest BCUT2D eigenvalue weighted by Crippen LogP contribution is 2.29. The standard InChI is InChI=1S/C32H30ClN7O3.ClH/c33-23-8-10-26-27(17-23)37-31(42)28(18-24-3-1-2-12-35-24)40(32(26)43)20-21-4-6-22(7-5-21)30(41)38-29-11-9-25(19-36-29)39-15-13-34-14-16-39;/h1-12,17,19,28,34H,13-16,18,20H2,(H,37,42)(H,36,38,41);1H/t28-;/m1./s1. The molecule has 2 aliphatic heterocycles. The van der Waals surface area contributed by atoms with Crippen molar-refractivity contribution in [3.05, 3.63) is 113 Å². The number of benzene rings is 2. The summed E-state index contributed by atoms with van der Waals surface area (Å²) in [5.74, 6) is -0.460. The van der Waals surface area contributed by atoms with Crippen LogP contribution in [0.5, 0.6) is 0 Å². The van der Waals surface area contributed by atoms with E-state index in [4.69, 9.17) is 11.6 Å². The van der Waals surface area contributed by atoms with E-state index in [0.29, 0.717) is 33.3 Å². The summed E-state index contributed by atoms with van der Waals surface area (Å²) < 4.78 is 0. The van der Waals surface area contributed by atoms with Gasteiger partial charge in [0, 0.05) is 61.6 Å². The van der Waals surface area contributed by atoms with E-state index in [2.05, 4.69) is 30.8 Å². The van der Waals surface area contributed by atoms with Crippen LogP contribution in [0.15, 0.2) is 85.2 Å². The van der Waals surface area contributed by atoms with Crippen molar-refractivity contribution in [1.82, 2.24) is 20.2 Å². The van der Waals surface area contributed by atoms with Crippen LogP contribution in [0.4, 0.5) is 17.2 Å². The summed E-state index contributed by atoms with van der Waals surface area (Å²) in [7, 11) is 0. The maximum atomic E-state index is 13.8. The zero-order valence-corrected chi connectivity index (χ0v) is 25.3. The molecule has 2 aromatic heterocycles. The van der Waals surface area contributed by atoms with E-state index in [-0.39, 0.29) is 43.1 Å². The maximum absolute atomic E-state index is 13.8. The smallest absolute Gasteiger partial charge is 0.256 e. The molecular weight excluding hydrogens is 601 g/mol. The number of fused-ring (bicyclic) bond motifs is 1. The maximum Gasteiger partial charge on any atom is 0.256 e. The summed E-state index contributed by atoms with van der Waals surface area (Å²) >= 11 is 6.16. The first-order valence-electron chi connectivity index (χ1n) is 14.1. The van der Waals surface area contributed by atoms with Crippen molar-refractivity contribution in [3.8, 4) is 0 Å². The quantitative estimate of drug-likeness (QED) is 0.276. The summed E-state index contributed by atoms with van der Waals surface area (Å²) in [6.07, 6.45) is 3.66. The highest BCUT2D eigenvalue weighted by Gasteiger charge is 2.36. The van der Waals surface area contributed by atoms with Crippen LogP contribution < -0.4 is 20.9 Å². The number of carbonyl (C=O) groups excluding carboxylic acids is 3. The summed E-state index contributed by atoms with van der Waals surface area (Å²) in [4.78, 5) is 52.8. The molecule has 0 saturated carbocycles. The van der Waals surface area contributed by atoms with Crippen LogP contribution in [0.2, 0.25) is 5.02 Å². The Balaban J connectivity index is 0.00000384. The Hall–Kier alpha value is -4.51. The Morgan fingerprint density at radius 1 is 0.977 bits per heavy atom. The zero-order valence-electron chi connectivity index (χ0n) is 23.7. The molecule has 3 amide bonds. The Kier molecular flexibility index (Phi) is 9.74. The molecule has 0 spiro atoms. The summed E-state index contributed by atoms with van der Waals surface area (Å²) in [6, 6.07) is 20.2. The number of carbonyl (C=O) groups is 3. The molecule has 44 heavy (non-hydrogen) atoms. The normalized spacial score (nSPS) is 16.3. The van der Waals surface area contributed by atoms with Gasteiger partial charge in [-0.15, -0.1) is 12.4 Å². The lowest BCUT2D eigenvalue weighted by atomic mass is 10.0. The van der Waals surface area contributed by atoms with E-state index in [1.165, 1.54) is 0 Å². The van der Waals surface area contributed by atoms with Crippen molar-refractivity contribution in [2.75, 3.05) is 41.7 Å². The third-order valence-corrected chi connectivity index (χ3v) is 7.81. The first-order valence-corrected chi connectivity index (χ1v) is 14.5. The summed E-state index contributed by atoms with van der Waals surface area (Å²) in [5.41, 5.74) is 3.64. The monoisotopic (exact) mass is 631 g/mol. The minimum Gasteiger partial charge on any atom is -0.368 e. The minimum absolute atomic E-state index is 0. The van der Waals surface area contributed by atoms with Gasteiger partial charge in [0.25, 0.3) is 11.8 Å². The fourth-order valence-electron chi connectivity index (χ4n) is 5.28. The van der Waals surface area contributed by atoms with E-state index in [9.17, 15) is 14.4 Å². The summed E-state index contributed by atoms with van der Waals surface area (Å²) in [5, 5.41) is 9.46. The molecule has 226 valence electrons. The van der Waals surface area contributed by atoms with Crippen molar-refractivity contribution >= 4 is 58.9 Å². The predicted octanol–water partition coefficient (Wildman–Crippen LogP) is 4.42. The summed E-state index contributed by atoms with van der Waals surface area (Å²) in [6.45, 7) is 3.85. The highest BCUT2D eigenvalue weighted by atomic mass is 35.5. The second-order valence-corrected chi connectivity index (χ2v) is 10.9. The molecule has 1 atom stereocenters. The average Bonchev–Trinajstić information content (AvgIpc) is 3.12. The van der Waals surface area contributed by atoms with E-state index in [0.717, 1.165) is 37.4 Å². The molecule has 0 bridgehead atoms. The van der Waals surface area contributed by atoms with Gasteiger partial charge in [0.2, 0.25) is 5.91 Å². The third kappa shape index (κ3) is 6.99. The number of pyridine rings is 2. The van der Waals surface area contributed by atoms with Crippen molar-refractivity contribution in [2.24, 2.45) is 0 Å². The zero-order chi connectivity index (χ0) is 29.8. The molecule has 2 aromatic carbocycles. The number of hydrogen-bond donors (Lipinski definition) is 3. The third-order valence-electron chi connectivity index (χ3n) is 7.58. The van der Waals surface area contributed by atoms with Crippen molar-refractivity contribution in [3.63, 3.8) is 0 Å². The fraction of sp³-hybridized carbons (Fsp3) is 0.219. The largest absolute Gasteiger partial charge is 0.368 e. The van der Waals surface area contributed by atoms with Gasteiger partial charge in [-0.3, -0.25) is 19.4 Å². The molecule has 12 heteroatoms. The van der Waals surface area contributed by atoms with Crippen LogP contribution in [0, 0.1) is 0 Å². The first-order chi connectivity index (χ1) is 20.9. The average molecular weight is 633 g/mol. The highest BCUT2D eigenvalue weighted by molar-refractivity contribution is 6.31. The van der Waals surface area contributed by atoms with E-state index < -0.39 is 6.04 Å². The molecule has 2 aliphatic rings. The van der Waals surface area contributed by atoms with Crippen LogP contribution in [0.25, 0.3) is 0 Å². The number of nitrogens with zero attached hydrogens (tertiary/aromatic N) is 4. The van der Waals surface area contributed by atoms with Gasteiger partial charge in [-0.2, -0.15) is 0 Å². The number of amides is 3. The van der Waals surface area contributed by atoms with Gasteiger partial charge in [-0.1, -0.05) is 29.8 Å². The number of nitrogens with one attached hydrogen (secondary N) is 3. The molecule has 0 unspecified atom stereocenters. The van der Waals surface area contributed by atoms with Gasteiger partial charge in [-0.25, -0.2) is 4.98 Å². The second kappa shape index (κ2) is 13.9. The Labute approximate surface area is 266 Å². The van der Waals surface area contributed by atoms with Gasteiger partial charge >= 0.3 is 0 Å². The molecule has 1 saturated heterocycles. The topological polar surface area (TPSA) is 120 Å². The molecule has 10 nitrogen and oxygen atoms in total. The lowest BCUT2D eigenvalue weighted by Crippen LogP contribution is -2.46. The van der Waals surface area contributed by atoms with Crippen molar-refractivity contribution < 1.29 is 14.4 Å². The van der Waals surface area contributed by atoms with Crippen LogP contribution in [0.3, 0.4) is 0 Å². The van der Waals surface area contributed by atoms with Crippen molar-refractivity contribution in [1.29, 1.82) is 0 Å². The van der Waals surface area contributed by atoms with Crippen LogP contribution >= 0.6 is 24.0 Å². The Bertz CT molecular complexity index is 1630. The number of aromatic nitrogens is 2. The second-order valence-electron chi connectivity index (χ2n) is 10.4. The molecule has 6 rings (SSSR count). The van der Waals surface area contributed by atoms with Gasteiger partial charge < -0.3 is 25.8 Å². The molecule has 3 N–H and O–H groups in total. The number of piperazine rings is 1.